The fourth-order valence-corrected chi connectivity index (χ4v) is 4.16. The number of hydrogen-bond acceptors (Lipinski definition) is 2. The first-order valence-corrected chi connectivity index (χ1v) is 9.36. The Balaban J connectivity index is 0.000000142. The van der Waals surface area contributed by atoms with E-state index in [1.807, 2.05) is 17.8 Å². The van der Waals surface area contributed by atoms with Gasteiger partial charge in [0.1, 0.15) is 0 Å². The van der Waals surface area contributed by atoms with Gasteiger partial charge in [0.05, 0.1) is 0 Å². The SMILES string of the molecule is CCSc1ccccc1.c1ccc2c(c1)CCN1CCCC21. The summed E-state index contributed by atoms with van der Waals surface area (Å²) in [5.74, 6) is 1.16. The molecule has 116 valence electrons. The van der Waals surface area contributed by atoms with Crippen LogP contribution in [-0.4, -0.2) is 23.7 Å². The van der Waals surface area contributed by atoms with Crippen molar-refractivity contribution in [2.75, 3.05) is 18.8 Å². The van der Waals surface area contributed by atoms with Crippen molar-refractivity contribution >= 4 is 11.8 Å². The lowest BCUT2D eigenvalue weighted by molar-refractivity contribution is 0.244. The second-order valence-electron chi connectivity index (χ2n) is 5.89. The molecular weight excluding hydrogens is 286 g/mol. The average molecular weight is 311 g/mol. The van der Waals surface area contributed by atoms with E-state index in [0.29, 0.717) is 0 Å². The smallest absolute Gasteiger partial charge is 0.0351 e. The van der Waals surface area contributed by atoms with Gasteiger partial charge in [0, 0.05) is 17.5 Å². The quantitative estimate of drug-likeness (QED) is 0.703. The number of benzene rings is 2. The predicted octanol–water partition coefficient (Wildman–Crippen LogP) is 5.18. The molecule has 2 aliphatic rings. The molecule has 2 heteroatoms. The minimum Gasteiger partial charge on any atom is -0.296 e. The summed E-state index contributed by atoms with van der Waals surface area (Å²) in [5.41, 5.74) is 3.19. The second-order valence-corrected chi connectivity index (χ2v) is 7.23. The first kappa shape index (κ1) is 15.6. The number of fused-ring (bicyclic) bond motifs is 3. The van der Waals surface area contributed by atoms with Crippen LogP contribution in [-0.2, 0) is 6.42 Å². The van der Waals surface area contributed by atoms with Gasteiger partial charge < -0.3 is 0 Å². The molecule has 1 unspecified atom stereocenters. The Morgan fingerprint density at radius 2 is 1.77 bits per heavy atom. The van der Waals surface area contributed by atoms with Crippen LogP contribution in [0.15, 0.2) is 59.5 Å². The van der Waals surface area contributed by atoms with Crippen molar-refractivity contribution in [2.45, 2.75) is 37.1 Å². The Labute approximate surface area is 138 Å². The molecule has 0 aliphatic carbocycles. The van der Waals surface area contributed by atoms with Gasteiger partial charge in [0.15, 0.2) is 0 Å². The third kappa shape index (κ3) is 3.74. The van der Waals surface area contributed by atoms with Gasteiger partial charge in [-0.15, -0.1) is 11.8 Å². The fourth-order valence-electron chi connectivity index (χ4n) is 3.48. The second kappa shape index (κ2) is 7.85. The van der Waals surface area contributed by atoms with E-state index in [1.54, 1.807) is 11.1 Å². The first-order chi connectivity index (χ1) is 10.9. The molecule has 2 heterocycles. The van der Waals surface area contributed by atoms with Crippen molar-refractivity contribution < 1.29 is 0 Å². The van der Waals surface area contributed by atoms with Crippen molar-refractivity contribution in [1.29, 1.82) is 0 Å². The maximum absolute atomic E-state index is 2.64. The zero-order valence-corrected chi connectivity index (χ0v) is 14.2. The summed E-state index contributed by atoms with van der Waals surface area (Å²) in [6, 6.07) is 20.2. The molecule has 1 saturated heterocycles. The van der Waals surface area contributed by atoms with E-state index in [0.717, 1.165) is 11.8 Å². The molecule has 2 aliphatic heterocycles. The largest absolute Gasteiger partial charge is 0.296 e. The van der Waals surface area contributed by atoms with E-state index >= 15 is 0 Å². The van der Waals surface area contributed by atoms with Gasteiger partial charge in [-0.2, -0.15) is 0 Å². The summed E-state index contributed by atoms with van der Waals surface area (Å²) in [6.07, 6.45) is 4.02. The minimum absolute atomic E-state index is 0.755. The molecule has 0 N–H and O–H groups in total. The van der Waals surface area contributed by atoms with Crippen molar-refractivity contribution in [3.05, 3.63) is 65.7 Å². The molecule has 0 amide bonds. The Morgan fingerprint density at radius 1 is 1.00 bits per heavy atom. The van der Waals surface area contributed by atoms with Crippen LogP contribution in [0.1, 0.15) is 36.9 Å². The zero-order chi connectivity index (χ0) is 15.2. The van der Waals surface area contributed by atoms with Crippen molar-refractivity contribution in [1.82, 2.24) is 4.90 Å². The average Bonchev–Trinajstić information content (AvgIpc) is 3.06. The van der Waals surface area contributed by atoms with Gasteiger partial charge in [-0.1, -0.05) is 49.4 Å². The van der Waals surface area contributed by atoms with Gasteiger partial charge in [0.2, 0.25) is 0 Å². The number of nitrogens with zero attached hydrogens (tertiary/aromatic N) is 1. The fraction of sp³-hybridized carbons (Fsp3) is 0.400. The van der Waals surface area contributed by atoms with E-state index in [4.69, 9.17) is 0 Å². The van der Waals surface area contributed by atoms with Gasteiger partial charge >= 0.3 is 0 Å². The Bertz CT molecular complexity index is 581. The van der Waals surface area contributed by atoms with Crippen molar-refractivity contribution in [3.8, 4) is 0 Å². The maximum atomic E-state index is 2.64. The maximum Gasteiger partial charge on any atom is 0.0351 e. The zero-order valence-electron chi connectivity index (χ0n) is 13.4. The summed E-state index contributed by atoms with van der Waals surface area (Å²) in [4.78, 5) is 4.00. The molecule has 0 aromatic heterocycles. The molecule has 22 heavy (non-hydrogen) atoms. The molecule has 0 spiro atoms. The van der Waals surface area contributed by atoms with E-state index in [2.05, 4.69) is 60.4 Å². The van der Waals surface area contributed by atoms with Crippen LogP contribution >= 0.6 is 11.8 Å². The third-order valence-corrected chi connectivity index (χ3v) is 5.39. The number of hydrogen-bond donors (Lipinski definition) is 0. The summed E-state index contributed by atoms with van der Waals surface area (Å²) < 4.78 is 0. The standard InChI is InChI=1S/C12H15N.C8H10S/c1-2-5-11-10(4-1)7-9-13-8-3-6-12(11)13;1-2-9-8-6-4-3-5-7-8/h1-2,4-5,12H,3,6-9H2;3-7H,2H2,1H3. The normalized spacial score (nSPS) is 19.8. The van der Waals surface area contributed by atoms with Crippen LogP contribution in [0.5, 0.6) is 0 Å². The monoisotopic (exact) mass is 311 g/mol. The van der Waals surface area contributed by atoms with Crippen LogP contribution in [0.3, 0.4) is 0 Å². The van der Waals surface area contributed by atoms with E-state index in [1.165, 1.54) is 37.2 Å². The molecular formula is C20H25NS. The van der Waals surface area contributed by atoms with Gasteiger partial charge in [-0.25, -0.2) is 0 Å². The summed E-state index contributed by atoms with van der Waals surface area (Å²) >= 11 is 1.88. The highest BCUT2D eigenvalue weighted by molar-refractivity contribution is 7.99. The van der Waals surface area contributed by atoms with Crippen molar-refractivity contribution in [3.63, 3.8) is 0 Å². The van der Waals surface area contributed by atoms with Gasteiger partial charge in [-0.05, 0) is 54.8 Å². The molecule has 2 aromatic carbocycles. The lowest BCUT2D eigenvalue weighted by Crippen LogP contribution is -2.30. The summed E-state index contributed by atoms with van der Waals surface area (Å²) in [7, 11) is 0. The predicted molar refractivity (Wildman–Crippen MR) is 96.5 cm³/mol. The molecule has 1 atom stereocenters. The highest BCUT2D eigenvalue weighted by Gasteiger charge is 2.30. The molecule has 0 radical (unpaired) electrons. The molecule has 1 fully saturated rings. The van der Waals surface area contributed by atoms with Crippen LogP contribution < -0.4 is 0 Å². The van der Waals surface area contributed by atoms with E-state index in [-0.39, 0.29) is 0 Å². The number of thioether (sulfide) groups is 1. The minimum atomic E-state index is 0.755. The lowest BCUT2D eigenvalue weighted by Gasteiger charge is -2.31. The lowest BCUT2D eigenvalue weighted by atomic mass is 9.93. The first-order valence-electron chi connectivity index (χ1n) is 8.38. The number of rotatable bonds is 2. The Hall–Kier alpha value is -1.25. The van der Waals surface area contributed by atoms with Crippen LogP contribution in [0.4, 0.5) is 0 Å². The topological polar surface area (TPSA) is 3.24 Å². The highest BCUT2D eigenvalue weighted by atomic mass is 32.2. The molecule has 1 nitrogen and oxygen atoms in total. The van der Waals surface area contributed by atoms with Crippen molar-refractivity contribution in [2.24, 2.45) is 0 Å². The molecule has 2 aromatic rings. The van der Waals surface area contributed by atoms with E-state index < -0.39 is 0 Å². The highest BCUT2D eigenvalue weighted by Crippen LogP contribution is 2.36. The van der Waals surface area contributed by atoms with Gasteiger partial charge in [0.25, 0.3) is 0 Å². The Kier molecular flexibility index (Phi) is 5.58. The summed E-state index contributed by atoms with van der Waals surface area (Å²) in [5, 5.41) is 0. The van der Waals surface area contributed by atoms with Crippen LogP contribution in [0.25, 0.3) is 0 Å². The van der Waals surface area contributed by atoms with Crippen LogP contribution in [0.2, 0.25) is 0 Å². The Morgan fingerprint density at radius 3 is 2.59 bits per heavy atom. The summed E-state index contributed by atoms with van der Waals surface area (Å²) in [6.45, 7) is 4.76. The van der Waals surface area contributed by atoms with Gasteiger partial charge in [-0.3, -0.25) is 4.90 Å². The molecule has 4 rings (SSSR count). The molecule has 0 bridgehead atoms. The van der Waals surface area contributed by atoms with Crippen LogP contribution in [0, 0.1) is 0 Å². The molecule has 0 saturated carbocycles. The third-order valence-electron chi connectivity index (χ3n) is 4.50. The van der Waals surface area contributed by atoms with E-state index in [9.17, 15) is 0 Å².